The highest BCUT2D eigenvalue weighted by Gasteiger charge is 2.11. The third-order valence-corrected chi connectivity index (χ3v) is 2.40. The van der Waals surface area contributed by atoms with Crippen LogP contribution in [-0.2, 0) is 0 Å². The summed E-state index contributed by atoms with van der Waals surface area (Å²) < 4.78 is 27.3. The molecule has 0 aliphatic carbocycles. The maximum atomic E-state index is 13.5. The van der Waals surface area contributed by atoms with Gasteiger partial charge >= 0.3 is 0 Å². The van der Waals surface area contributed by atoms with Gasteiger partial charge in [0.1, 0.15) is 11.5 Å². The van der Waals surface area contributed by atoms with Crippen LogP contribution in [0.5, 0.6) is 0 Å². The minimum absolute atomic E-state index is 0.208. The van der Waals surface area contributed by atoms with Gasteiger partial charge in [-0.05, 0) is 24.3 Å². The second-order valence-corrected chi connectivity index (χ2v) is 4.13. The number of rotatable bonds is 2. The van der Waals surface area contributed by atoms with E-state index in [1.165, 1.54) is 12.1 Å². The van der Waals surface area contributed by atoms with Crippen molar-refractivity contribution < 1.29 is 8.78 Å². The Labute approximate surface area is 104 Å². The first-order valence-electron chi connectivity index (χ1n) is 4.57. The zero-order chi connectivity index (χ0) is 12.4. The molecule has 0 bridgehead atoms. The second-order valence-electron chi connectivity index (χ2n) is 3.21. The Morgan fingerprint density at radius 3 is 2.29 bits per heavy atom. The summed E-state index contributed by atoms with van der Waals surface area (Å²) in [4.78, 5) is 0. The molecule has 0 radical (unpaired) electrons. The summed E-state index contributed by atoms with van der Waals surface area (Å²) in [5, 5.41) is 9.71. The summed E-state index contributed by atoms with van der Waals surface area (Å²) in [6, 6.07) is 5.25. The number of hydrogen-bond donors (Lipinski definition) is 2. The highest BCUT2D eigenvalue weighted by molar-refractivity contribution is 9.10. The van der Waals surface area contributed by atoms with Crippen LogP contribution < -0.4 is 11.1 Å². The van der Waals surface area contributed by atoms with E-state index in [9.17, 15) is 8.78 Å². The summed E-state index contributed by atoms with van der Waals surface area (Å²) in [5.41, 5.74) is 5.06. The summed E-state index contributed by atoms with van der Waals surface area (Å²) >= 11 is 2.99. The van der Waals surface area contributed by atoms with Crippen molar-refractivity contribution in [3.05, 3.63) is 40.4 Å². The number of anilines is 3. The smallest absolute Gasteiger partial charge is 0.153 e. The van der Waals surface area contributed by atoms with E-state index in [2.05, 4.69) is 31.4 Å². The van der Waals surface area contributed by atoms with E-state index in [0.29, 0.717) is 4.47 Å². The number of aromatic nitrogens is 2. The van der Waals surface area contributed by atoms with Crippen molar-refractivity contribution in [2.45, 2.75) is 0 Å². The van der Waals surface area contributed by atoms with Crippen LogP contribution in [0.25, 0.3) is 0 Å². The molecule has 0 fully saturated rings. The standard InChI is InChI=1S/C10H7BrF2N4/c11-5-3-6(12)10(7(13)4-5)15-9-2-1-8(14)16-17-9/h1-4H,(H2,14,16)(H,15,17). The van der Waals surface area contributed by atoms with Crippen LogP contribution in [-0.4, -0.2) is 10.2 Å². The zero-order valence-corrected chi connectivity index (χ0v) is 10.0. The Morgan fingerprint density at radius 2 is 1.76 bits per heavy atom. The van der Waals surface area contributed by atoms with Gasteiger partial charge in [0, 0.05) is 4.47 Å². The molecule has 1 heterocycles. The number of nitrogens with two attached hydrogens (primary N) is 1. The van der Waals surface area contributed by atoms with Crippen LogP contribution in [0.15, 0.2) is 28.7 Å². The van der Waals surface area contributed by atoms with Crippen LogP contribution in [0.2, 0.25) is 0 Å². The lowest BCUT2D eigenvalue weighted by molar-refractivity contribution is 0.589. The third-order valence-electron chi connectivity index (χ3n) is 1.95. The number of benzene rings is 1. The predicted molar refractivity (Wildman–Crippen MR) is 63.8 cm³/mol. The minimum Gasteiger partial charge on any atom is -0.382 e. The van der Waals surface area contributed by atoms with Gasteiger partial charge < -0.3 is 11.1 Å². The summed E-state index contributed by atoms with van der Waals surface area (Å²) in [7, 11) is 0. The molecule has 3 N–H and O–H groups in total. The average Bonchev–Trinajstić information content (AvgIpc) is 2.26. The highest BCUT2D eigenvalue weighted by atomic mass is 79.9. The minimum atomic E-state index is -0.726. The van der Waals surface area contributed by atoms with E-state index >= 15 is 0 Å². The number of nitrogens with one attached hydrogen (secondary N) is 1. The predicted octanol–water partition coefficient (Wildman–Crippen LogP) is 2.84. The van der Waals surface area contributed by atoms with Gasteiger partial charge in [-0.1, -0.05) is 15.9 Å². The lowest BCUT2D eigenvalue weighted by atomic mass is 10.3. The van der Waals surface area contributed by atoms with Crippen molar-refractivity contribution in [2.24, 2.45) is 0 Å². The lowest BCUT2D eigenvalue weighted by Gasteiger charge is -2.07. The molecular weight excluding hydrogens is 294 g/mol. The fraction of sp³-hybridized carbons (Fsp3) is 0. The van der Waals surface area contributed by atoms with Crippen molar-refractivity contribution in [3.8, 4) is 0 Å². The molecule has 0 atom stereocenters. The lowest BCUT2D eigenvalue weighted by Crippen LogP contribution is -2.01. The first-order chi connectivity index (χ1) is 8.06. The first kappa shape index (κ1) is 11.7. The molecular formula is C10H7BrF2N4. The monoisotopic (exact) mass is 300 g/mol. The van der Waals surface area contributed by atoms with Gasteiger partial charge in [-0.15, -0.1) is 10.2 Å². The molecule has 2 rings (SSSR count). The molecule has 0 saturated carbocycles. The van der Waals surface area contributed by atoms with Crippen molar-refractivity contribution in [2.75, 3.05) is 11.1 Å². The third kappa shape index (κ3) is 2.68. The van der Waals surface area contributed by atoms with Crippen LogP contribution in [0.4, 0.5) is 26.1 Å². The fourth-order valence-corrected chi connectivity index (χ4v) is 1.60. The van der Waals surface area contributed by atoms with Crippen LogP contribution in [0, 0.1) is 11.6 Å². The Hall–Kier alpha value is -1.76. The van der Waals surface area contributed by atoms with E-state index in [1.54, 1.807) is 0 Å². The molecule has 0 unspecified atom stereocenters. The van der Waals surface area contributed by atoms with Crippen molar-refractivity contribution in [1.29, 1.82) is 0 Å². The molecule has 0 saturated heterocycles. The van der Waals surface area contributed by atoms with Gasteiger partial charge in [-0.2, -0.15) is 0 Å². The molecule has 0 aliphatic rings. The molecule has 7 heteroatoms. The highest BCUT2D eigenvalue weighted by Crippen LogP contribution is 2.25. The number of nitrogen functional groups attached to an aromatic ring is 1. The van der Waals surface area contributed by atoms with E-state index in [0.717, 1.165) is 12.1 Å². The topological polar surface area (TPSA) is 63.8 Å². The van der Waals surface area contributed by atoms with E-state index in [4.69, 9.17) is 5.73 Å². The second kappa shape index (κ2) is 4.62. The molecule has 0 amide bonds. The fourth-order valence-electron chi connectivity index (χ4n) is 1.20. The quantitative estimate of drug-likeness (QED) is 0.895. The van der Waals surface area contributed by atoms with Crippen LogP contribution >= 0.6 is 15.9 Å². The van der Waals surface area contributed by atoms with Gasteiger partial charge in [-0.3, -0.25) is 0 Å². The van der Waals surface area contributed by atoms with Gasteiger partial charge in [0.25, 0.3) is 0 Å². The zero-order valence-electron chi connectivity index (χ0n) is 8.42. The van der Waals surface area contributed by atoms with Crippen molar-refractivity contribution in [1.82, 2.24) is 10.2 Å². The Bertz CT molecular complexity index is 521. The SMILES string of the molecule is Nc1ccc(Nc2c(F)cc(Br)cc2F)nn1. The van der Waals surface area contributed by atoms with Gasteiger partial charge in [0.15, 0.2) is 17.5 Å². The van der Waals surface area contributed by atoms with E-state index in [-0.39, 0.29) is 17.3 Å². The normalized spacial score (nSPS) is 10.3. The first-order valence-corrected chi connectivity index (χ1v) is 5.36. The average molecular weight is 301 g/mol. The van der Waals surface area contributed by atoms with Crippen molar-refractivity contribution >= 4 is 33.3 Å². The largest absolute Gasteiger partial charge is 0.382 e. The van der Waals surface area contributed by atoms with E-state index < -0.39 is 11.6 Å². The Balaban J connectivity index is 2.33. The van der Waals surface area contributed by atoms with Crippen LogP contribution in [0.1, 0.15) is 0 Å². The molecule has 1 aromatic carbocycles. The summed E-state index contributed by atoms with van der Waals surface area (Å²) in [6.45, 7) is 0. The maximum absolute atomic E-state index is 13.5. The van der Waals surface area contributed by atoms with Gasteiger partial charge in [-0.25, -0.2) is 8.78 Å². The summed E-state index contributed by atoms with van der Waals surface area (Å²) in [6.07, 6.45) is 0. The molecule has 17 heavy (non-hydrogen) atoms. The number of nitrogens with zero attached hydrogens (tertiary/aromatic N) is 2. The van der Waals surface area contributed by atoms with Crippen molar-refractivity contribution in [3.63, 3.8) is 0 Å². The molecule has 4 nitrogen and oxygen atoms in total. The molecule has 0 spiro atoms. The maximum Gasteiger partial charge on any atom is 0.153 e. The Morgan fingerprint density at radius 1 is 1.12 bits per heavy atom. The molecule has 0 aliphatic heterocycles. The molecule has 2 aromatic rings. The van der Waals surface area contributed by atoms with Crippen LogP contribution in [0.3, 0.4) is 0 Å². The van der Waals surface area contributed by atoms with E-state index in [1.807, 2.05) is 0 Å². The van der Waals surface area contributed by atoms with Gasteiger partial charge in [0.05, 0.1) is 0 Å². The molecule has 88 valence electrons. The number of hydrogen-bond acceptors (Lipinski definition) is 4. The van der Waals surface area contributed by atoms with Gasteiger partial charge in [0.2, 0.25) is 0 Å². The number of halogens is 3. The molecule has 1 aromatic heterocycles. The Kier molecular flexibility index (Phi) is 3.19. The summed E-state index contributed by atoms with van der Waals surface area (Å²) in [5.74, 6) is -1.02.